The number of nitrogen functional groups attached to an aromatic ring is 1. The normalized spacial score (nSPS) is 11.3. The number of benzene rings is 1. The Morgan fingerprint density at radius 3 is 2.58 bits per heavy atom. The van der Waals surface area contributed by atoms with Crippen LogP contribution in [0.5, 0.6) is 0 Å². The number of nitrogens with two attached hydrogens (primary N) is 1. The van der Waals surface area contributed by atoms with Crippen LogP contribution in [0.4, 0.5) is 11.5 Å². The molecule has 0 atom stereocenters. The Morgan fingerprint density at radius 2 is 1.89 bits per heavy atom. The maximum Gasteiger partial charge on any atom is 0.262 e. The second kappa shape index (κ2) is 5.24. The summed E-state index contributed by atoms with van der Waals surface area (Å²) in [7, 11) is -3.79. The summed E-state index contributed by atoms with van der Waals surface area (Å²) >= 11 is 11.7. The van der Waals surface area contributed by atoms with Crippen LogP contribution in [0.3, 0.4) is 0 Å². The molecule has 5 nitrogen and oxygen atoms in total. The van der Waals surface area contributed by atoms with Gasteiger partial charge < -0.3 is 5.73 Å². The van der Waals surface area contributed by atoms with Gasteiger partial charge in [0.25, 0.3) is 10.0 Å². The maximum absolute atomic E-state index is 12.1. The Labute approximate surface area is 120 Å². The van der Waals surface area contributed by atoms with Crippen LogP contribution in [0.25, 0.3) is 0 Å². The molecule has 1 aromatic heterocycles. The number of nitrogens with zero attached hydrogens (tertiary/aromatic N) is 1. The lowest BCUT2D eigenvalue weighted by Crippen LogP contribution is -2.13. The van der Waals surface area contributed by atoms with Gasteiger partial charge in [-0.1, -0.05) is 23.2 Å². The van der Waals surface area contributed by atoms with Gasteiger partial charge in [-0.05, 0) is 24.3 Å². The molecule has 8 heteroatoms. The minimum atomic E-state index is -3.79. The molecule has 0 aliphatic heterocycles. The number of anilines is 2. The first-order chi connectivity index (χ1) is 8.88. The monoisotopic (exact) mass is 317 g/mol. The fourth-order valence-corrected chi connectivity index (χ4v) is 2.86. The minimum Gasteiger partial charge on any atom is -0.384 e. The van der Waals surface area contributed by atoms with E-state index in [-0.39, 0.29) is 21.4 Å². The second-order valence-electron chi connectivity index (χ2n) is 3.65. The van der Waals surface area contributed by atoms with E-state index in [0.717, 1.165) is 0 Å². The summed E-state index contributed by atoms with van der Waals surface area (Å²) in [5, 5.41) is 0.617. The average molecular weight is 318 g/mol. The Kier molecular flexibility index (Phi) is 3.84. The van der Waals surface area contributed by atoms with Crippen LogP contribution in [0, 0.1) is 0 Å². The van der Waals surface area contributed by atoms with Crippen molar-refractivity contribution in [2.75, 3.05) is 10.5 Å². The number of aromatic nitrogens is 1. The van der Waals surface area contributed by atoms with Gasteiger partial charge in [0.1, 0.15) is 5.82 Å². The summed E-state index contributed by atoms with van der Waals surface area (Å²) in [6.07, 6.45) is 1.31. The number of halogens is 2. The van der Waals surface area contributed by atoms with E-state index in [1.165, 1.54) is 30.5 Å². The van der Waals surface area contributed by atoms with E-state index in [0.29, 0.717) is 5.02 Å². The van der Waals surface area contributed by atoms with Crippen molar-refractivity contribution in [3.63, 3.8) is 0 Å². The molecule has 1 heterocycles. The highest BCUT2D eigenvalue weighted by Crippen LogP contribution is 2.27. The fraction of sp³-hybridized carbons (Fsp3) is 0. The molecule has 100 valence electrons. The number of sulfonamides is 1. The van der Waals surface area contributed by atoms with E-state index < -0.39 is 10.0 Å². The Hall–Kier alpha value is -1.50. The number of hydrogen-bond donors (Lipinski definition) is 2. The highest BCUT2D eigenvalue weighted by molar-refractivity contribution is 7.92. The molecule has 0 amide bonds. The van der Waals surface area contributed by atoms with Crippen molar-refractivity contribution in [3.05, 3.63) is 46.6 Å². The van der Waals surface area contributed by atoms with Crippen LogP contribution < -0.4 is 10.5 Å². The summed E-state index contributed by atoms with van der Waals surface area (Å²) in [6, 6.07) is 7.07. The Morgan fingerprint density at radius 1 is 1.16 bits per heavy atom. The van der Waals surface area contributed by atoms with E-state index >= 15 is 0 Å². The standard InChI is InChI=1S/C11H9Cl2N3O2S/c12-7-1-2-9(13)10(5-7)16-19(17,18)8-3-4-15-11(14)6-8/h1-6,16H,(H2,14,15). The Balaban J connectivity index is 2.39. The first-order valence-corrected chi connectivity index (χ1v) is 7.32. The third-order valence-corrected chi connectivity index (χ3v) is 4.16. The van der Waals surface area contributed by atoms with Gasteiger partial charge in [0.15, 0.2) is 0 Å². The van der Waals surface area contributed by atoms with E-state index in [1.54, 1.807) is 6.07 Å². The summed E-state index contributed by atoms with van der Waals surface area (Å²) in [5.74, 6) is 0.111. The highest BCUT2D eigenvalue weighted by Gasteiger charge is 2.16. The summed E-state index contributed by atoms with van der Waals surface area (Å²) < 4.78 is 26.6. The van der Waals surface area contributed by atoms with Gasteiger partial charge in [-0.25, -0.2) is 13.4 Å². The molecule has 2 rings (SSSR count). The molecule has 0 aliphatic rings. The van der Waals surface area contributed by atoms with Crippen molar-refractivity contribution in [2.45, 2.75) is 4.90 Å². The van der Waals surface area contributed by atoms with Crippen LogP contribution in [0.2, 0.25) is 10.0 Å². The SMILES string of the molecule is Nc1cc(S(=O)(=O)Nc2cc(Cl)ccc2Cl)ccn1. The predicted molar refractivity (Wildman–Crippen MR) is 75.9 cm³/mol. The van der Waals surface area contributed by atoms with Crippen LogP contribution in [-0.2, 0) is 10.0 Å². The predicted octanol–water partition coefficient (Wildman–Crippen LogP) is 2.77. The zero-order chi connectivity index (χ0) is 14.0. The Bertz CT molecular complexity index is 720. The lowest BCUT2D eigenvalue weighted by Gasteiger charge is -2.10. The zero-order valence-electron chi connectivity index (χ0n) is 9.47. The lowest BCUT2D eigenvalue weighted by molar-refractivity contribution is 0.601. The molecule has 0 fully saturated rings. The number of pyridine rings is 1. The van der Waals surface area contributed by atoms with Gasteiger partial charge in [0, 0.05) is 17.3 Å². The molecule has 0 aliphatic carbocycles. The molecule has 0 spiro atoms. The van der Waals surface area contributed by atoms with E-state index in [4.69, 9.17) is 28.9 Å². The van der Waals surface area contributed by atoms with Gasteiger partial charge >= 0.3 is 0 Å². The molecule has 0 saturated carbocycles. The molecular weight excluding hydrogens is 309 g/mol. The topological polar surface area (TPSA) is 85.1 Å². The molecular formula is C11H9Cl2N3O2S. The van der Waals surface area contributed by atoms with Crippen LogP contribution in [0.1, 0.15) is 0 Å². The molecule has 0 radical (unpaired) electrons. The quantitative estimate of drug-likeness (QED) is 0.911. The van der Waals surface area contributed by atoms with Gasteiger partial charge in [0.2, 0.25) is 0 Å². The van der Waals surface area contributed by atoms with Crippen molar-refractivity contribution < 1.29 is 8.42 Å². The second-order valence-corrected chi connectivity index (χ2v) is 6.17. The molecule has 1 aromatic carbocycles. The van der Waals surface area contributed by atoms with Gasteiger partial charge in [0.05, 0.1) is 15.6 Å². The molecule has 0 unspecified atom stereocenters. The number of rotatable bonds is 3. The third-order valence-electron chi connectivity index (χ3n) is 2.24. The minimum absolute atomic E-state index is 0.00366. The number of nitrogens with one attached hydrogen (secondary N) is 1. The first kappa shape index (κ1) is 13.9. The first-order valence-electron chi connectivity index (χ1n) is 5.08. The van der Waals surface area contributed by atoms with Crippen LogP contribution in [0.15, 0.2) is 41.4 Å². The van der Waals surface area contributed by atoms with Gasteiger partial charge in [-0.2, -0.15) is 0 Å². The molecule has 0 bridgehead atoms. The molecule has 3 N–H and O–H groups in total. The third kappa shape index (κ3) is 3.28. The smallest absolute Gasteiger partial charge is 0.262 e. The summed E-state index contributed by atoms with van der Waals surface area (Å²) in [6.45, 7) is 0. The summed E-state index contributed by atoms with van der Waals surface area (Å²) in [4.78, 5) is 3.73. The molecule has 0 saturated heterocycles. The van der Waals surface area contributed by atoms with Crippen molar-refractivity contribution in [3.8, 4) is 0 Å². The average Bonchev–Trinajstić information content (AvgIpc) is 2.33. The number of hydrogen-bond acceptors (Lipinski definition) is 4. The highest BCUT2D eigenvalue weighted by atomic mass is 35.5. The van der Waals surface area contributed by atoms with Crippen LogP contribution >= 0.6 is 23.2 Å². The zero-order valence-corrected chi connectivity index (χ0v) is 11.8. The lowest BCUT2D eigenvalue weighted by atomic mass is 10.3. The van der Waals surface area contributed by atoms with E-state index in [1.807, 2.05) is 0 Å². The van der Waals surface area contributed by atoms with Crippen molar-refractivity contribution in [1.29, 1.82) is 0 Å². The maximum atomic E-state index is 12.1. The molecule has 19 heavy (non-hydrogen) atoms. The molecule has 2 aromatic rings. The van der Waals surface area contributed by atoms with Gasteiger partial charge in [-0.15, -0.1) is 0 Å². The van der Waals surface area contributed by atoms with Crippen molar-refractivity contribution >= 4 is 44.7 Å². The largest absolute Gasteiger partial charge is 0.384 e. The van der Waals surface area contributed by atoms with Crippen molar-refractivity contribution in [2.24, 2.45) is 0 Å². The van der Waals surface area contributed by atoms with E-state index in [9.17, 15) is 8.42 Å². The van der Waals surface area contributed by atoms with E-state index in [2.05, 4.69) is 9.71 Å². The van der Waals surface area contributed by atoms with Gasteiger partial charge in [-0.3, -0.25) is 4.72 Å². The van der Waals surface area contributed by atoms with Crippen molar-refractivity contribution in [1.82, 2.24) is 4.98 Å². The summed E-state index contributed by atoms with van der Waals surface area (Å²) in [5.41, 5.74) is 5.65. The van der Waals surface area contributed by atoms with Crippen LogP contribution in [-0.4, -0.2) is 13.4 Å². The fourth-order valence-electron chi connectivity index (χ4n) is 1.37.